The van der Waals surface area contributed by atoms with Crippen LogP contribution in [0.25, 0.3) is 0 Å². The van der Waals surface area contributed by atoms with Crippen molar-refractivity contribution < 1.29 is 0 Å². The first-order valence-electron chi connectivity index (χ1n) is 7.49. The van der Waals surface area contributed by atoms with Gasteiger partial charge in [0, 0.05) is 5.92 Å². The van der Waals surface area contributed by atoms with Crippen LogP contribution in [0.15, 0.2) is 94.7 Å². The van der Waals surface area contributed by atoms with E-state index >= 15 is 0 Å². The van der Waals surface area contributed by atoms with Gasteiger partial charge in [0.2, 0.25) is 0 Å². The summed E-state index contributed by atoms with van der Waals surface area (Å²) in [5.41, 5.74) is 7.49. The molecule has 0 saturated carbocycles. The van der Waals surface area contributed by atoms with Gasteiger partial charge in [-0.15, -0.1) is 0 Å². The van der Waals surface area contributed by atoms with E-state index in [1.54, 1.807) is 11.1 Å². The average Bonchev–Trinajstić information content (AvgIpc) is 2.68. The molecular weight excluding hydrogens is 240 g/mol. The van der Waals surface area contributed by atoms with Crippen LogP contribution in [0.4, 0.5) is 0 Å². The molecule has 0 fully saturated rings. The molecule has 0 aromatic carbocycles. The fourth-order valence-electron chi connectivity index (χ4n) is 3.73. The van der Waals surface area contributed by atoms with Gasteiger partial charge in [0.1, 0.15) is 0 Å². The fourth-order valence-corrected chi connectivity index (χ4v) is 3.73. The minimum absolute atomic E-state index is 0.601. The van der Waals surface area contributed by atoms with Gasteiger partial charge in [0.15, 0.2) is 0 Å². The summed E-state index contributed by atoms with van der Waals surface area (Å²) in [4.78, 5) is 0. The highest BCUT2D eigenvalue weighted by Gasteiger charge is 2.35. The highest BCUT2D eigenvalue weighted by molar-refractivity contribution is 5.69. The number of allylic oxidation sites excluding steroid dienone is 16. The van der Waals surface area contributed by atoms with E-state index in [9.17, 15) is 0 Å². The normalized spacial score (nSPS) is 28.4. The second kappa shape index (κ2) is 4.79. The lowest BCUT2D eigenvalue weighted by Crippen LogP contribution is -2.10. The Hall–Kier alpha value is -2.08. The van der Waals surface area contributed by atoms with Crippen molar-refractivity contribution in [3.05, 3.63) is 94.7 Å². The first-order chi connectivity index (χ1) is 9.95. The van der Waals surface area contributed by atoms with Gasteiger partial charge < -0.3 is 0 Å². The van der Waals surface area contributed by atoms with Crippen molar-refractivity contribution in [2.75, 3.05) is 0 Å². The quantitative estimate of drug-likeness (QED) is 0.565. The molecule has 20 heavy (non-hydrogen) atoms. The Morgan fingerprint density at radius 1 is 0.800 bits per heavy atom. The van der Waals surface area contributed by atoms with E-state index in [4.69, 9.17) is 0 Å². The summed E-state index contributed by atoms with van der Waals surface area (Å²) in [5.74, 6) is 0.601. The molecule has 0 saturated heterocycles. The molecule has 0 spiro atoms. The minimum Gasteiger partial charge on any atom is -0.0623 e. The molecule has 1 unspecified atom stereocenters. The molecule has 0 N–H and O–H groups in total. The van der Waals surface area contributed by atoms with Gasteiger partial charge in [-0.25, -0.2) is 0 Å². The Labute approximate surface area is 120 Å². The molecule has 0 nitrogen and oxygen atoms in total. The van der Waals surface area contributed by atoms with Crippen molar-refractivity contribution in [3.8, 4) is 0 Å². The molecule has 98 valence electrons. The molecule has 0 aromatic rings. The van der Waals surface area contributed by atoms with Crippen molar-refractivity contribution in [3.63, 3.8) is 0 Å². The van der Waals surface area contributed by atoms with E-state index in [2.05, 4.69) is 66.8 Å². The number of hydrogen-bond donors (Lipinski definition) is 0. The molecule has 0 radical (unpaired) electrons. The van der Waals surface area contributed by atoms with Crippen LogP contribution in [0, 0.1) is 5.92 Å². The van der Waals surface area contributed by atoms with Crippen molar-refractivity contribution in [1.29, 1.82) is 0 Å². The monoisotopic (exact) mass is 258 g/mol. The summed E-state index contributed by atoms with van der Waals surface area (Å²) in [6.07, 6.45) is 28.1. The van der Waals surface area contributed by atoms with Crippen LogP contribution >= 0.6 is 0 Å². The van der Waals surface area contributed by atoms with E-state index in [0.717, 1.165) is 0 Å². The molecule has 4 aliphatic rings. The maximum absolute atomic E-state index is 2.32. The predicted octanol–water partition coefficient (Wildman–Crippen LogP) is 5.13. The summed E-state index contributed by atoms with van der Waals surface area (Å²) in [6.45, 7) is 0. The largest absolute Gasteiger partial charge is 0.0623 e. The van der Waals surface area contributed by atoms with Crippen molar-refractivity contribution >= 4 is 0 Å². The van der Waals surface area contributed by atoms with Crippen LogP contribution in [-0.2, 0) is 0 Å². The van der Waals surface area contributed by atoms with E-state index in [-0.39, 0.29) is 0 Å². The first-order valence-corrected chi connectivity index (χ1v) is 7.49. The number of fused-ring (bicyclic) bond motifs is 2. The third-order valence-electron chi connectivity index (χ3n) is 4.55. The van der Waals surface area contributed by atoms with Crippen molar-refractivity contribution in [2.45, 2.75) is 19.3 Å². The predicted molar refractivity (Wildman–Crippen MR) is 85.2 cm³/mol. The van der Waals surface area contributed by atoms with Gasteiger partial charge in [-0.2, -0.15) is 0 Å². The Morgan fingerprint density at radius 3 is 2.55 bits per heavy atom. The summed E-state index contributed by atoms with van der Waals surface area (Å²) < 4.78 is 0. The Bertz CT molecular complexity index is 682. The molecule has 0 heteroatoms. The molecule has 0 aromatic heterocycles. The fraction of sp³-hybridized carbons (Fsp3) is 0.200. The van der Waals surface area contributed by atoms with Crippen LogP contribution in [-0.4, -0.2) is 0 Å². The Morgan fingerprint density at radius 2 is 1.60 bits per heavy atom. The standard InChI is InChI=1S/C20H18/c1-2-6-12-17-16(11-5-1)18-13-7-3-4-9-15-10-8-14-19(17)20(15)18/h1-7,9,11-13,19H,8,10,14H2/b2-1?,4-3?,5-1?,6-2?,7-3?,9-4?,11-5?,12-6-,13-7?,15-9?,16-11?,17-12?,18-13?. The van der Waals surface area contributed by atoms with Gasteiger partial charge in [0.25, 0.3) is 0 Å². The van der Waals surface area contributed by atoms with Crippen LogP contribution < -0.4 is 0 Å². The molecular formula is C20H18. The molecule has 0 heterocycles. The van der Waals surface area contributed by atoms with Crippen LogP contribution in [0.3, 0.4) is 0 Å². The third-order valence-corrected chi connectivity index (χ3v) is 4.55. The molecule has 4 aliphatic carbocycles. The first kappa shape index (κ1) is 11.7. The van der Waals surface area contributed by atoms with E-state index in [0.29, 0.717) is 5.92 Å². The van der Waals surface area contributed by atoms with Crippen molar-refractivity contribution in [1.82, 2.24) is 0 Å². The number of rotatable bonds is 0. The van der Waals surface area contributed by atoms with Gasteiger partial charge >= 0.3 is 0 Å². The average molecular weight is 258 g/mol. The topological polar surface area (TPSA) is 0 Å². The van der Waals surface area contributed by atoms with Gasteiger partial charge in [0.05, 0.1) is 0 Å². The van der Waals surface area contributed by atoms with Crippen LogP contribution in [0.5, 0.6) is 0 Å². The molecule has 0 bridgehead atoms. The molecule has 4 rings (SSSR count). The highest BCUT2D eigenvalue weighted by Crippen LogP contribution is 2.50. The second-order valence-corrected chi connectivity index (χ2v) is 5.68. The zero-order chi connectivity index (χ0) is 13.4. The lowest BCUT2D eigenvalue weighted by atomic mass is 9.80. The lowest BCUT2D eigenvalue weighted by Gasteiger charge is -2.24. The summed E-state index contributed by atoms with van der Waals surface area (Å²) in [5, 5.41) is 0. The zero-order valence-corrected chi connectivity index (χ0v) is 11.5. The maximum atomic E-state index is 2.32. The molecule has 1 atom stereocenters. The molecule has 0 amide bonds. The smallest absolute Gasteiger partial charge is 0.0104 e. The Balaban J connectivity index is 1.96. The summed E-state index contributed by atoms with van der Waals surface area (Å²) in [6, 6.07) is 0. The minimum atomic E-state index is 0.601. The highest BCUT2D eigenvalue weighted by atomic mass is 14.4. The van der Waals surface area contributed by atoms with E-state index in [1.807, 2.05) is 0 Å². The lowest BCUT2D eigenvalue weighted by molar-refractivity contribution is 0.588. The molecule has 0 aliphatic heterocycles. The second-order valence-electron chi connectivity index (χ2n) is 5.68. The zero-order valence-electron chi connectivity index (χ0n) is 11.5. The number of hydrogen-bond acceptors (Lipinski definition) is 0. The SMILES string of the molecule is C1=CC=C2C3=C(/C=C\C=CC=C3)C3CCCC(=C23)C=C1. The van der Waals surface area contributed by atoms with E-state index < -0.39 is 0 Å². The van der Waals surface area contributed by atoms with Gasteiger partial charge in [-0.3, -0.25) is 0 Å². The van der Waals surface area contributed by atoms with Gasteiger partial charge in [-0.05, 0) is 47.1 Å². The Kier molecular flexibility index (Phi) is 2.81. The summed E-state index contributed by atoms with van der Waals surface area (Å²) in [7, 11) is 0. The maximum Gasteiger partial charge on any atom is 0.0104 e. The van der Waals surface area contributed by atoms with Crippen LogP contribution in [0.1, 0.15) is 19.3 Å². The third kappa shape index (κ3) is 1.76. The van der Waals surface area contributed by atoms with Crippen molar-refractivity contribution in [2.24, 2.45) is 5.92 Å². The summed E-state index contributed by atoms with van der Waals surface area (Å²) >= 11 is 0. The van der Waals surface area contributed by atoms with Gasteiger partial charge in [-0.1, -0.05) is 66.8 Å². The van der Waals surface area contributed by atoms with E-state index in [1.165, 1.54) is 36.0 Å². The van der Waals surface area contributed by atoms with Crippen LogP contribution in [0.2, 0.25) is 0 Å².